The number of hydrogen-bond acceptors (Lipinski definition) is 2. The topological polar surface area (TPSA) is 29.5 Å². The van der Waals surface area contributed by atoms with Gasteiger partial charge in [-0.05, 0) is 57.8 Å². The van der Waals surface area contributed by atoms with E-state index in [-0.39, 0.29) is 11.7 Å². The average Bonchev–Trinajstić information content (AvgIpc) is 2.83. The van der Waals surface area contributed by atoms with E-state index in [0.717, 1.165) is 33.2 Å². The summed E-state index contributed by atoms with van der Waals surface area (Å²) in [7, 11) is 1.63. The predicted molar refractivity (Wildman–Crippen MR) is 127 cm³/mol. The standard InChI is InChI=1S/C28H24FNO2/c1-32-26-16-11-22(12-17-26)19-30(28(31)18-13-21-9-14-25(29)15-10-21)20-24-7-4-6-23-5-2-3-8-27(23)24/h2-18H,19-20H2,1H3/b18-13+. The van der Waals surface area contributed by atoms with Crippen molar-refractivity contribution in [1.82, 2.24) is 4.90 Å². The van der Waals surface area contributed by atoms with Gasteiger partial charge in [-0.1, -0.05) is 66.7 Å². The summed E-state index contributed by atoms with van der Waals surface area (Å²) in [6, 6.07) is 28.1. The lowest BCUT2D eigenvalue weighted by Crippen LogP contribution is -2.28. The molecule has 3 nitrogen and oxygen atoms in total. The van der Waals surface area contributed by atoms with Crippen LogP contribution in [0.1, 0.15) is 16.7 Å². The van der Waals surface area contributed by atoms with E-state index in [1.807, 2.05) is 47.4 Å². The number of halogens is 1. The molecule has 4 aromatic rings. The van der Waals surface area contributed by atoms with Crippen molar-refractivity contribution in [3.05, 3.63) is 120 Å². The number of ether oxygens (including phenoxy) is 1. The number of amides is 1. The summed E-state index contributed by atoms with van der Waals surface area (Å²) in [5, 5.41) is 2.27. The highest BCUT2D eigenvalue weighted by molar-refractivity contribution is 5.92. The normalized spacial score (nSPS) is 11.1. The van der Waals surface area contributed by atoms with Crippen molar-refractivity contribution < 1.29 is 13.9 Å². The summed E-state index contributed by atoms with van der Waals surface area (Å²) < 4.78 is 18.4. The number of methoxy groups -OCH3 is 1. The molecule has 32 heavy (non-hydrogen) atoms. The molecule has 0 saturated heterocycles. The molecule has 0 spiro atoms. The predicted octanol–water partition coefficient (Wildman–Crippen LogP) is 6.23. The third-order valence-corrected chi connectivity index (χ3v) is 5.37. The van der Waals surface area contributed by atoms with Crippen molar-refractivity contribution in [2.45, 2.75) is 13.1 Å². The minimum Gasteiger partial charge on any atom is -0.497 e. The number of nitrogens with zero attached hydrogens (tertiary/aromatic N) is 1. The lowest BCUT2D eigenvalue weighted by molar-refractivity contribution is -0.127. The molecule has 0 radical (unpaired) electrons. The molecular formula is C28H24FNO2. The Bertz CT molecular complexity index is 1230. The SMILES string of the molecule is COc1ccc(CN(Cc2cccc3ccccc23)C(=O)/C=C/c2ccc(F)cc2)cc1. The first-order valence-electron chi connectivity index (χ1n) is 10.4. The number of rotatable bonds is 7. The van der Waals surface area contributed by atoms with E-state index in [9.17, 15) is 9.18 Å². The molecule has 0 aromatic heterocycles. The third-order valence-electron chi connectivity index (χ3n) is 5.37. The second kappa shape index (κ2) is 9.92. The Labute approximate surface area is 187 Å². The molecule has 0 aliphatic heterocycles. The Morgan fingerprint density at radius 2 is 1.59 bits per heavy atom. The summed E-state index contributed by atoms with van der Waals surface area (Å²) in [5.74, 6) is 0.362. The van der Waals surface area contributed by atoms with E-state index >= 15 is 0 Å². The van der Waals surface area contributed by atoms with E-state index in [1.54, 1.807) is 31.4 Å². The molecule has 0 aliphatic rings. The first-order valence-corrected chi connectivity index (χ1v) is 10.4. The smallest absolute Gasteiger partial charge is 0.247 e. The molecule has 0 unspecified atom stereocenters. The fourth-order valence-electron chi connectivity index (χ4n) is 3.65. The van der Waals surface area contributed by atoms with Gasteiger partial charge in [-0.3, -0.25) is 4.79 Å². The summed E-state index contributed by atoms with van der Waals surface area (Å²) in [4.78, 5) is 15.0. The van der Waals surface area contributed by atoms with Gasteiger partial charge in [0, 0.05) is 19.2 Å². The van der Waals surface area contributed by atoms with Crippen LogP contribution in [0.4, 0.5) is 4.39 Å². The van der Waals surface area contributed by atoms with Crippen LogP contribution in [0.2, 0.25) is 0 Å². The Balaban J connectivity index is 1.61. The first-order chi connectivity index (χ1) is 15.6. The number of carbonyl (C=O) groups is 1. The lowest BCUT2D eigenvalue weighted by atomic mass is 10.0. The molecule has 0 fully saturated rings. The Hall–Kier alpha value is -3.92. The van der Waals surface area contributed by atoms with Gasteiger partial charge in [-0.25, -0.2) is 4.39 Å². The maximum absolute atomic E-state index is 13.2. The molecule has 160 valence electrons. The highest BCUT2D eigenvalue weighted by atomic mass is 19.1. The highest BCUT2D eigenvalue weighted by Gasteiger charge is 2.14. The average molecular weight is 426 g/mol. The fraction of sp³-hybridized carbons (Fsp3) is 0.107. The van der Waals surface area contributed by atoms with Crippen LogP contribution in [0, 0.1) is 5.82 Å². The van der Waals surface area contributed by atoms with Crippen LogP contribution in [-0.4, -0.2) is 17.9 Å². The van der Waals surface area contributed by atoms with Gasteiger partial charge in [0.15, 0.2) is 0 Å². The molecule has 4 heteroatoms. The van der Waals surface area contributed by atoms with E-state index < -0.39 is 0 Å². The van der Waals surface area contributed by atoms with Gasteiger partial charge >= 0.3 is 0 Å². The molecule has 0 heterocycles. The molecule has 4 rings (SSSR count). The van der Waals surface area contributed by atoms with E-state index in [0.29, 0.717) is 13.1 Å². The minimum absolute atomic E-state index is 0.113. The van der Waals surface area contributed by atoms with Crippen LogP contribution in [0.25, 0.3) is 16.8 Å². The fourth-order valence-corrected chi connectivity index (χ4v) is 3.65. The van der Waals surface area contributed by atoms with Crippen LogP contribution in [0.15, 0.2) is 97.1 Å². The summed E-state index contributed by atoms with van der Waals surface area (Å²) in [5.41, 5.74) is 2.86. The van der Waals surface area contributed by atoms with E-state index in [4.69, 9.17) is 4.74 Å². The molecular weight excluding hydrogens is 401 g/mol. The maximum atomic E-state index is 13.2. The number of carbonyl (C=O) groups excluding carboxylic acids is 1. The Morgan fingerprint density at radius 3 is 2.34 bits per heavy atom. The first kappa shape index (κ1) is 21.3. The zero-order valence-electron chi connectivity index (χ0n) is 17.9. The van der Waals surface area contributed by atoms with Crippen LogP contribution < -0.4 is 4.74 Å². The zero-order chi connectivity index (χ0) is 22.3. The second-order valence-corrected chi connectivity index (χ2v) is 7.57. The summed E-state index contributed by atoms with van der Waals surface area (Å²) in [6.45, 7) is 0.930. The van der Waals surface area contributed by atoms with Crippen LogP contribution >= 0.6 is 0 Å². The van der Waals surface area contributed by atoms with Crippen LogP contribution in [-0.2, 0) is 17.9 Å². The van der Waals surface area contributed by atoms with Gasteiger partial charge in [0.25, 0.3) is 0 Å². The van der Waals surface area contributed by atoms with Crippen LogP contribution in [0.3, 0.4) is 0 Å². The van der Waals surface area contributed by atoms with Gasteiger partial charge in [-0.2, -0.15) is 0 Å². The van der Waals surface area contributed by atoms with Crippen molar-refractivity contribution in [1.29, 1.82) is 0 Å². The lowest BCUT2D eigenvalue weighted by Gasteiger charge is -2.23. The second-order valence-electron chi connectivity index (χ2n) is 7.57. The number of hydrogen-bond donors (Lipinski definition) is 0. The van der Waals surface area contributed by atoms with Crippen molar-refractivity contribution in [2.24, 2.45) is 0 Å². The van der Waals surface area contributed by atoms with Crippen molar-refractivity contribution in [3.8, 4) is 5.75 Å². The number of fused-ring (bicyclic) bond motifs is 1. The molecule has 0 saturated carbocycles. The van der Waals surface area contributed by atoms with Gasteiger partial charge < -0.3 is 9.64 Å². The van der Waals surface area contributed by atoms with E-state index in [2.05, 4.69) is 24.3 Å². The molecule has 0 aliphatic carbocycles. The molecule has 0 bridgehead atoms. The van der Waals surface area contributed by atoms with Crippen molar-refractivity contribution >= 4 is 22.8 Å². The van der Waals surface area contributed by atoms with Gasteiger partial charge in [0.05, 0.1) is 7.11 Å². The van der Waals surface area contributed by atoms with Gasteiger partial charge in [-0.15, -0.1) is 0 Å². The Kier molecular flexibility index (Phi) is 6.61. The largest absolute Gasteiger partial charge is 0.497 e. The molecule has 4 aromatic carbocycles. The van der Waals surface area contributed by atoms with Gasteiger partial charge in [0.1, 0.15) is 11.6 Å². The maximum Gasteiger partial charge on any atom is 0.247 e. The number of benzene rings is 4. The molecule has 0 N–H and O–H groups in total. The highest BCUT2D eigenvalue weighted by Crippen LogP contribution is 2.22. The van der Waals surface area contributed by atoms with Crippen molar-refractivity contribution in [3.63, 3.8) is 0 Å². The van der Waals surface area contributed by atoms with Crippen molar-refractivity contribution in [2.75, 3.05) is 7.11 Å². The molecule has 1 amide bonds. The monoisotopic (exact) mass is 425 g/mol. The van der Waals surface area contributed by atoms with Gasteiger partial charge in [0.2, 0.25) is 5.91 Å². The van der Waals surface area contributed by atoms with Crippen LogP contribution in [0.5, 0.6) is 5.75 Å². The third kappa shape index (κ3) is 5.22. The quantitative estimate of drug-likeness (QED) is 0.329. The zero-order valence-corrected chi connectivity index (χ0v) is 17.9. The van der Waals surface area contributed by atoms with E-state index in [1.165, 1.54) is 12.1 Å². The summed E-state index contributed by atoms with van der Waals surface area (Å²) in [6.07, 6.45) is 3.26. The molecule has 0 atom stereocenters. The summed E-state index contributed by atoms with van der Waals surface area (Å²) >= 11 is 0. The minimum atomic E-state index is -0.300. The Morgan fingerprint density at radius 1 is 0.875 bits per heavy atom.